The molecule has 0 atom stereocenters. The minimum absolute atomic E-state index is 0.321. The smallest absolute Gasteiger partial charge is 0.241 e. The van der Waals surface area contributed by atoms with Gasteiger partial charge >= 0.3 is 0 Å². The molecule has 0 fully saturated rings. The number of benzene rings is 2. The number of rotatable bonds is 11. The summed E-state index contributed by atoms with van der Waals surface area (Å²) in [6, 6.07) is 14.8. The summed E-state index contributed by atoms with van der Waals surface area (Å²) in [6.07, 6.45) is 7.96. The standard InChI is InChI=1S/C21H30N2O2/c1-2-3-4-5-6-7-8-21(24-19-13-9-17(22)10-14-19)25-20-15-11-18(23)12-16-20/h9-16,21H,2-8,22-23H2,1H3. The molecule has 4 heteroatoms. The molecule has 4 nitrogen and oxygen atoms in total. The summed E-state index contributed by atoms with van der Waals surface area (Å²) < 4.78 is 12.0. The van der Waals surface area contributed by atoms with Gasteiger partial charge in [-0.15, -0.1) is 0 Å². The topological polar surface area (TPSA) is 70.5 Å². The van der Waals surface area contributed by atoms with Crippen molar-refractivity contribution in [3.8, 4) is 11.5 Å². The fourth-order valence-electron chi connectivity index (χ4n) is 2.63. The molecule has 25 heavy (non-hydrogen) atoms. The molecule has 0 aliphatic rings. The first-order valence-electron chi connectivity index (χ1n) is 9.22. The lowest BCUT2D eigenvalue weighted by Crippen LogP contribution is -2.24. The number of anilines is 2. The van der Waals surface area contributed by atoms with Crippen LogP contribution in [0.25, 0.3) is 0 Å². The van der Waals surface area contributed by atoms with Crippen molar-refractivity contribution in [3.05, 3.63) is 48.5 Å². The highest BCUT2D eigenvalue weighted by Gasteiger charge is 2.12. The number of ether oxygens (including phenoxy) is 2. The van der Waals surface area contributed by atoms with Gasteiger partial charge in [0, 0.05) is 17.8 Å². The molecule has 2 aromatic carbocycles. The minimum Gasteiger partial charge on any atom is -0.455 e. The zero-order valence-corrected chi connectivity index (χ0v) is 15.1. The Balaban J connectivity index is 1.90. The van der Waals surface area contributed by atoms with Crippen molar-refractivity contribution in [3.63, 3.8) is 0 Å². The van der Waals surface area contributed by atoms with Gasteiger partial charge in [-0.05, 0) is 55.0 Å². The molecular weight excluding hydrogens is 312 g/mol. The molecule has 0 saturated heterocycles. The maximum Gasteiger partial charge on any atom is 0.241 e. The van der Waals surface area contributed by atoms with Crippen molar-refractivity contribution in [2.75, 3.05) is 11.5 Å². The number of nitrogen functional groups attached to an aromatic ring is 2. The summed E-state index contributed by atoms with van der Waals surface area (Å²) in [5.41, 5.74) is 12.9. The van der Waals surface area contributed by atoms with E-state index in [2.05, 4.69) is 6.92 Å². The third kappa shape index (κ3) is 7.38. The first-order chi connectivity index (χ1) is 12.2. The van der Waals surface area contributed by atoms with Crippen LogP contribution < -0.4 is 20.9 Å². The highest BCUT2D eigenvalue weighted by molar-refractivity contribution is 5.42. The molecule has 0 saturated carbocycles. The van der Waals surface area contributed by atoms with Crippen LogP contribution >= 0.6 is 0 Å². The predicted molar refractivity (Wildman–Crippen MR) is 105 cm³/mol. The molecule has 0 spiro atoms. The molecule has 2 rings (SSSR count). The van der Waals surface area contributed by atoms with E-state index in [1.807, 2.05) is 48.5 Å². The first kappa shape index (κ1) is 19.0. The average Bonchev–Trinajstić information content (AvgIpc) is 2.62. The Kier molecular flexibility index (Phi) is 7.96. The molecule has 0 aliphatic heterocycles. The van der Waals surface area contributed by atoms with Crippen LogP contribution in [0.2, 0.25) is 0 Å². The van der Waals surface area contributed by atoms with Crippen LogP contribution in [0, 0.1) is 0 Å². The van der Waals surface area contributed by atoms with Gasteiger partial charge in [-0.1, -0.05) is 39.0 Å². The average molecular weight is 342 g/mol. The van der Waals surface area contributed by atoms with E-state index in [0.717, 1.165) is 35.7 Å². The Morgan fingerprint density at radius 1 is 0.680 bits per heavy atom. The number of hydrogen-bond acceptors (Lipinski definition) is 4. The first-order valence-corrected chi connectivity index (χ1v) is 9.22. The second-order valence-corrected chi connectivity index (χ2v) is 6.36. The van der Waals surface area contributed by atoms with Gasteiger partial charge < -0.3 is 20.9 Å². The molecule has 2 aromatic rings. The summed E-state index contributed by atoms with van der Waals surface area (Å²) in [5.74, 6) is 1.53. The zero-order valence-electron chi connectivity index (χ0n) is 15.1. The second-order valence-electron chi connectivity index (χ2n) is 6.36. The molecule has 0 unspecified atom stereocenters. The van der Waals surface area contributed by atoms with Crippen LogP contribution in [0.15, 0.2) is 48.5 Å². The van der Waals surface area contributed by atoms with E-state index in [1.54, 1.807) is 0 Å². The Morgan fingerprint density at radius 3 is 1.60 bits per heavy atom. The van der Waals surface area contributed by atoms with Gasteiger partial charge in [0.1, 0.15) is 11.5 Å². The summed E-state index contributed by atoms with van der Waals surface area (Å²) in [5, 5.41) is 0. The molecule has 0 bridgehead atoms. The monoisotopic (exact) mass is 342 g/mol. The second kappa shape index (κ2) is 10.5. The Labute approximate surface area is 151 Å². The van der Waals surface area contributed by atoms with Crippen molar-refractivity contribution < 1.29 is 9.47 Å². The molecular formula is C21H30N2O2. The van der Waals surface area contributed by atoms with E-state index in [0.29, 0.717) is 0 Å². The minimum atomic E-state index is -0.321. The fraction of sp³-hybridized carbons (Fsp3) is 0.429. The van der Waals surface area contributed by atoms with Crippen LogP contribution in [0.4, 0.5) is 11.4 Å². The van der Waals surface area contributed by atoms with Crippen molar-refractivity contribution >= 4 is 11.4 Å². The molecule has 0 radical (unpaired) electrons. The largest absolute Gasteiger partial charge is 0.455 e. The summed E-state index contributed by atoms with van der Waals surface area (Å²) >= 11 is 0. The normalized spacial score (nSPS) is 10.8. The summed E-state index contributed by atoms with van der Waals surface area (Å²) in [6.45, 7) is 2.23. The summed E-state index contributed by atoms with van der Waals surface area (Å²) in [4.78, 5) is 0. The van der Waals surface area contributed by atoms with Crippen molar-refractivity contribution in [1.82, 2.24) is 0 Å². The van der Waals surface area contributed by atoms with Gasteiger partial charge in [0.15, 0.2) is 0 Å². The van der Waals surface area contributed by atoms with Crippen LogP contribution in [-0.4, -0.2) is 6.29 Å². The number of hydrogen-bond donors (Lipinski definition) is 2. The van der Waals surface area contributed by atoms with Crippen LogP contribution in [0.1, 0.15) is 51.9 Å². The Morgan fingerprint density at radius 2 is 1.12 bits per heavy atom. The number of unbranched alkanes of at least 4 members (excludes halogenated alkanes) is 5. The SMILES string of the molecule is CCCCCCCCC(Oc1ccc(N)cc1)Oc1ccc(N)cc1. The molecule has 4 N–H and O–H groups in total. The van der Waals surface area contributed by atoms with Crippen LogP contribution in [-0.2, 0) is 0 Å². The van der Waals surface area contributed by atoms with Crippen molar-refractivity contribution in [2.24, 2.45) is 0 Å². The van der Waals surface area contributed by atoms with Crippen LogP contribution in [0.5, 0.6) is 11.5 Å². The van der Waals surface area contributed by atoms with Crippen molar-refractivity contribution in [1.29, 1.82) is 0 Å². The number of nitrogens with two attached hydrogens (primary N) is 2. The van der Waals surface area contributed by atoms with Gasteiger partial charge in [0.2, 0.25) is 6.29 Å². The van der Waals surface area contributed by atoms with Crippen LogP contribution in [0.3, 0.4) is 0 Å². The van der Waals surface area contributed by atoms with E-state index in [9.17, 15) is 0 Å². The molecule has 136 valence electrons. The van der Waals surface area contributed by atoms with Gasteiger partial charge in [-0.25, -0.2) is 0 Å². The zero-order chi connectivity index (χ0) is 17.9. The molecule has 0 aliphatic carbocycles. The lowest BCUT2D eigenvalue weighted by Gasteiger charge is -2.21. The van der Waals surface area contributed by atoms with Gasteiger partial charge in [0.05, 0.1) is 0 Å². The summed E-state index contributed by atoms with van der Waals surface area (Å²) in [7, 11) is 0. The Hall–Kier alpha value is -2.36. The molecule has 0 heterocycles. The third-order valence-corrected chi connectivity index (χ3v) is 4.09. The predicted octanol–water partition coefficient (Wildman–Crippen LogP) is 5.39. The van der Waals surface area contributed by atoms with E-state index in [4.69, 9.17) is 20.9 Å². The highest BCUT2D eigenvalue weighted by atomic mass is 16.7. The maximum atomic E-state index is 6.02. The van der Waals surface area contributed by atoms with Gasteiger partial charge in [0.25, 0.3) is 0 Å². The van der Waals surface area contributed by atoms with Crippen molar-refractivity contribution in [2.45, 2.75) is 58.2 Å². The Bertz CT molecular complexity index is 549. The van der Waals surface area contributed by atoms with E-state index in [-0.39, 0.29) is 6.29 Å². The van der Waals surface area contributed by atoms with Gasteiger partial charge in [-0.3, -0.25) is 0 Å². The molecule has 0 aromatic heterocycles. The van der Waals surface area contributed by atoms with Gasteiger partial charge in [-0.2, -0.15) is 0 Å². The van der Waals surface area contributed by atoms with E-state index in [1.165, 1.54) is 32.1 Å². The lowest BCUT2D eigenvalue weighted by molar-refractivity contribution is -0.00243. The quantitative estimate of drug-likeness (QED) is 0.326. The maximum absolute atomic E-state index is 6.02. The fourth-order valence-corrected chi connectivity index (χ4v) is 2.63. The molecule has 0 amide bonds. The highest BCUT2D eigenvalue weighted by Crippen LogP contribution is 2.21. The van der Waals surface area contributed by atoms with E-state index >= 15 is 0 Å². The van der Waals surface area contributed by atoms with E-state index < -0.39 is 0 Å². The third-order valence-electron chi connectivity index (χ3n) is 4.09. The lowest BCUT2D eigenvalue weighted by atomic mass is 10.1.